The maximum Gasteiger partial charge on any atom is 0.266 e. The Labute approximate surface area is 302 Å². The molecular formula is C49H39NO2. The molecular weight excluding hydrogens is 635 g/mol. The van der Waals surface area contributed by atoms with E-state index in [9.17, 15) is 9.59 Å². The van der Waals surface area contributed by atoms with Crippen LogP contribution in [0.2, 0.25) is 0 Å². The highest BCUT2D eigenvalue weighted by Gasteiger charge is 2.31. The molecule has 1 heterocycles. The molecule has 0 amide bonds. The number of aromatic nitrogens is 1. The molecule has 0 aliphatic carbocycles. The lowest BCUT2D eigenvalue weighted by atomic mass is 9.80. The van der Waals surface area contributed by atoms with Crippen LogP contribution in [0.15, 0.2) is 119 Å². The second-order valence-corrected chi connectivity index (χ2v) is 16.9. The Bertz CT molecular complexity index is 3000. The lowest BCUT2D eigenvalue weighted by molar-refractivity contribution is 0.592. The number of benzene rings is 8. The van der Waals surface area contributed by atoms with Crippen LogP contribution in [0.1, 0.15) is 58.2 Å². The van der Waals surface area contributed by atoms with Gasteiger partial charge in [-0.1, -0.05) is 126 Å². The summed E-state index contributed by atoms with van der Waals surface area (Å²) in [6.07, 6.45) is 0. The van der Waals surface area contributed by atoms with Crippen molar-refractivity contribution in [3.8, 4) is 27.9 Å². The summed E-state index contributed by atoms with van der Waals surface area (Å²) < 4.78 is 1.41. The van der Waals surface area contributed by atoms with Crippen molar-refractivity contribution in [2.75, 3.05) is 0 Å². The van der Waals surface area contributed by atoms with Crippen molar-refractivity contribution in [2.45, 2.75) is 59.3 Å². The van der Waals surface area contributed by atoms with E-state index in [0.717, 1.165) is 49.4 Å². The zero-order valence-electron chi connectivity index (χ0n) is 30.7. The van der Waals surface area contributed by atoms with Crippen LogP contribution in [0.4, 0.5) is 0 Å². The molecule has 0 N–H and O–H groups in total. The standard InChI is InChI=1S/C49H39NO2/c1-26-13-12-14-28(23-26)50-46(51)44-35-24-33(29-15-8-10-17-37(29)48(2,3)4)31-21-19-27-20-22-32-34(30-16-9-11-18-38(30)49(5,6)7)25-36(45(44)47(50)52)43-41(32)39(27)40(31)42(35)43/h8-25H,1-7H3. The van der Waals surface area contributed by atoms with Gasteiger partial charge in [0.2, 0.25) is 0 Å². The summed E-state index contributed by atoms with van der Waals surface area (Å²) in [6, 6.07) is 38.5. The molecule has 0 fully saturated rings. The Balaban J connectivity index is 1.51. The third kappa shape index (κ3) is 3.97. The second kappa shape index (κ2) is 10.2. The van der Waals surface area contributed by atoms with Crippen molar-refractivity contribution in [3.05, 3.63) is 147 Å². The molecule has 252 valence electrons. The SMILES string of the molecule is Cc1cccc(-n2c(=O)c3c4cc(-c5ccccc5C(C)(C)C)c5ccc6ccc7c(-c8ccccc8C(C)(C)C)cc(c3c2=O)c2c7c6c5c42)c1. The number of hydrogen-bond acceptors (Lipinski definition) is 2. The van der Waals surface area contributed by atoms with Gasteiger partial charge in [0.25, 0.3) is 11.1 Å². The Morgan fingerprint density at radius 2 is 0.885 bits per heavy atom. The van der Waals surface area contributed by atoms with Gasteiger partial charge in [-0.05, 0) is 135 Å². The lowest BCUT2D eigenvalue weighted by Gasteiger charge is -2.24. The molecule has 0 aliphatic heterocycles. The van der Waals surface area contributed by atoms with Gasteiger partial charge in [0, 0.05) is 0 Å². The molecule has 1 aromatic heterocycles. The first-order valence-electron chi connectivity index (χ1n) is 18.3. The molecule has 0 spiro atoms. The van der Waals surface area contributed by atoms with Gasteiger partial charge in [-0.3, -0.25) is 9.59 Å². The molecule has 10 aromatic rings. The maximum absolute atomic E-state index is 15.0. The molecule has 10 rings (SSSR count). The van der Waals surface area contributed by atoms with Gasteiger partial charge < -0.3 is 0 Å². The number of hydrogen-bond donors (Lipinski definition) is 0. The van der Waals surface area contributed by atoms with E-state index >= 15 is 0 Å². The van der Waals surface area contributed by atoms with E-state index in [-0.39, 0.29) is 21.9 Å². The van der Waals surface area contributed by atoms with Gasteiger partial charge in [-0.2, -0.15) is 0 Å². The summed E-state index contributed by atoms with van der Waals surface area (Å²) in [5.74, 6) is 0. The van der Waals surface area contributed by atoms with Crippen molar-refractivity contribution in [3.63, 3.8) is 0 Å². The van der Waals surface area contributed by atoms with Gasteiger partial charge in [0.1, 0.15) is 0 Å². The predicted octanol–water partition coefficient (Wildman–Crippen LogP) is 12.1. The molecule has 0 saturated carbocycles. The topological polar surface area (TPSA) is 39.1 Å². The van der Waals surface area contributed by atoms with Crippen LogP contribution in [0, 0.1) is 6.92 Å². The Morgan fingerprint density at radius 3 is 1.35 bits per heavy atom. The quantitative estimate of drug-likeness (QED) is 0.175. The normalized spacial score (nSPS) is 13.1. The Kier molecular flexibility index (Phi) is 6.06. The predicted molar refractivity (Wildman–Crippen MR) is 221 cm³/mol. The van der Waals surface area contributed by atoms with Gasteiger partial charge in [0.05, 0.1) is 16.5 Å². The van der Waals surface area contributed by atoms with Crippen LogP contribution in [-0.4, -0.2) is 4.57 Å². The molecule has 9 aromatic carbocycles. The Morgan fingerprint density at radius 1 is 0.423 bits per heavy atom. The van der Waals surface area contributed by atoms with Crippen molar-refractivity contribution in [2.24, 2.45) is 0 Å². The first-order valence-corrected chi connectivity index (χ1v) is 18.3. The number of rotatable bonds is 3. The summed E-state index contributed by atoms with van der Waals surface area (Å²) in [7, 11) is 0. The maximum atomic E-state index is 15.0. The fraction of sp³-hybridized carbons (Fsp3) is 0.184. The van der Waals surface area contributed by atoms with Crippen LogP contribution in [-0.2, 0) is 10.8 Å². The van der Waals surface area contributed by atoms with Gasteiger partial charge in [0.15, 0.2) is 0 Å². The summed E-state index contributed by atoms with van der Waals surface area (Å²) in [4.78, 5) is 30.0. The molecule has 52 heavy (non-hydrogen) atoms. The fourth-order valence-corrected chi connectivity index (χ4v) is 9.38. The van der Waals surface area contributed by atoms with Gasteiger partial charge in [-0.15, -0.1) is 0 Å². The molecule has 3 heteroatoms. The fourth-order valence-electron chi connectivity index (χ4n) is 9.38. The minimum absolute atomic E-state index is 0.111. The van der Waals surface area contributed by atoms with E-state index in [1.54, 1.807) is 0 Å². The second-order valence-electron chi connectivity index (χ2n) is 16.9. The minimum Gasteiger partial charge on any atom is -0.268 e. The number of fused-ring (bicyclic) bond motifs is 3. The first-order chi connectivity index (χ1) is 24.8. The smallest absolute Gasteiger partial charge is 0.266 e. The molecule has 0 unspecified atom stereocenters. The molecule has 0 atom stereocenters. The van der Waals surface area contributed by atoms with Crippen LogP contribution >= 0.6 is 0 Å². The Hall–Kier alpha value is -5.80. The minimum atomic E-state index is -0.262. The van der Waals surface area contributed by atoms with Crippen molar-refractivity contribution >= 4 is 64.6 Å². The lowest BCUT2D eigenvalue weighted by Crippen LogP contribution is -2.23. The van der Waals surface area contributed by atoms with Crippen LogP contribution in [0.5, 0.6) is 0 Å². The number of aryl methyl sites for hydroxylation is 1. The third-order valence-electron chi connectivity index (χ3n) is 11.6. The van der Waals surface area contributed by atoms with E-state index in [1.165, 1.54) is 48.0 Å². The highest BCUT2D eigenvalue weighted by molar-refractivity contribution is 6.50. The summed E-state index contributed by atoms with van der Waals surface area (Å²) >= 11 is 0. The van der Waals surface area contributed by atoms with E-state index < -0.39 is 0 Å². The highest BCUT2D eigenvalue weighted by Crippen LogP contribution is 2.54. The van der Waals surface area contributed by atoms with Crippen molar-refractivity contribution < 1.29 is 0 Å². The van der Waals surface area contributed by atoms with E-state index in [4.69, 9.17) is 0 Å². The van der Waals surface area contributed by atoms with Gasteiger partial charge in [-0.25, -0.2) is 4.57 Å². The van der Waals surface area contributed by atoms with Crippen LogP contribution in [0.3, 0.4) is 0 Å². The summed E-state index contributed by atoms with van der Waals surface area (Å²) in [6.45, 7) is 15.5. The average Bonchev–Trinajstić information content (AvgIpc) is 3.61. The monoisotopic (exact) mass is 673 g/mol. The summed E-state index contributed by atoms with van der Waals surface area (Å²) in [5.41, 5.74) is 7.83. The summed E-state index contributed by atoms with van der Waals surface area (Å²) in [5, 5.41) is 12.0. The molecule has 0 saturated heterocycles. The van der Waals surface area contributed by atoms with Crippen LogP contribution < -0.4 is 11.1 Å². The highest BCUT2D eigenvalue weighted by atomic mass is 16.2. The molecule has 0 bridgehead atoms. The van der Waals surface area contributed by atoms with Crippen molar-refractivity contribution in [1.82, 2.24) is 4.57 Å². The van der Waals surface area contributed by atoms with Crippen LogP contribution in [0.25, 0.3) is 92.6 Å². The molecule has 0 aliphatic rings. The van der Waals surface area contributed by atoms with Gasteiger partial charge >= 0.3 is 0 Å². The van der Waals surface area contributed by atoms with E-state index in [1.807, 2.05) is 31.2 Å². The first kappa shape index (κ1) is 31.0. The molecule has 0 radical (unpaired) electrons. The van der Waals surface area contributed by atoms with E-state index in [0.29, 0.717) is 16.5 Å². The largest absolute Gasteiger partial charge is 0.268 e. The zero-order valence-corrected chi connectivity index (χ0v) is 30.7. The number of nitrogens with zero attached hydrogens (tertiary/aromatic N) is 1. The zero-order chi connectivity index (χ0) is 36.0. The van der Waals surface area contributed by atoms with E-state index in [2.05, 4.69) is 126 Å². The molecule has 3 nitrogen and oxygen atoms in total. The third-order valence-corrected chi connectivity index (χ3v) is 11.6. The van der Waals surface area contributed by atoms with Crippen molar-refractivity contribution in [1.29, 1.82) is 0 Å². The average molecular weight is 674 g/mol.